The first-order valence-electron chi connectivity index (χ1n) is 7.33. The lowest BCUT2D eigenvalue weighted by Crippen LogP contribution is -2.07. The number of methoxy groups -OCH3 is 2. The van der Waals surface area contributed by atoms with Crippen molar-refractivity contribution in [3.8, 4) is 17.2 Å². The average Bonchev–Trinajstić information content (AvgIpc) is 2.90. The molecule has 0 aromatic heterocycles. The Morgan fingerprint density at radius 2 is 1.83 bits per heavy atom. The molecular weight excluding hydrogens is 312 g/mol. The molecule has 0 unspecified atom stereocenters. The van der Waals surface area contributed by atoms with Gasteiger partial charge in [0.1, 0.15) is 17.4 Å². The number of fused-ring (bicyclic) bond motifs is 1. The van der Waals surface area contributed by atoms with E-state index in [-0.39, 0.29) is 18.0 Å². The van der Waals surface area contributed by atoms with E-state index in [4.69, 9.17) is 14.2 Å². The summed E-state index contributed by atoms with van der Waals surface area (Å²) in [6, 6.07) is 9.33. The Hall–Kier alpha value is -3.02. The van der Waals surface area contributed by atoms with E-state index in [0.29, 0.717) is 28.2 Å². The summed E-state index contributed by atoms with van der Waals surface area (Å²) in [5.74, 6) is 0.0963. The van der Waals surface area contributed by atoms with E-state index in [1.54, 1.807) is 12.1 Å². The van der Waals surface area contributed by atoms with E-state index in [9.17, 15) is 14.7 Å². The molecule has 0 saturated carbocycles. The Kier molecular flexibility index (Phi) is 4.12. The Morgan fingerprint density at radius 3 is 2.46 bits per heavy atom. The van der Waals surface area contributed by atoms with E-state index >= 15 is 0 Å². The SMILES string of the molecule is COc1ccc2c(c1OC)C(=O)O[C@@H]2CC(=O)c1ccc(O)cc1. The second-order valence-electron chi connectivity index (χ2n) is 5.33. The highest BCUT2D eigenvalue weighted by molar-refractivity contribution is 6.00. The summed E-state index contributed by atoms with van der Waals surface area (Å²) in [4.78, 5) is 24.6. The second kappa shape index (κ2) is 6.23. The van der Waals surface area contributed by atoms with Crippen LogP contribution in [0.25, 0.3) is 0 Å². The van der Waals surface area contributed by atoms with E-state index in [1.165, 1.54) is 38.5 Å². The van der Waals surface area contributed by atoms with Crippen LogP contribution < -0.4 is 9.47 Å². The number of esters is 1. The smallest absolute Gasteiger partial charge is 0.343 e. The number of carbonyl (C=O) groups is 2. The lowest BCUT2D eigenvalue weighted by Gasteiger charge is -2.12. The lowest BCUT2D eigenvalue weighted by molar-refractivity contribution is 0.0365. The van der Waals surface area contributed by atoms with Crippen molar-refractivity contribution in [3.05, 3.63) is 53.1 Å². The first-order valence-corrected chi connectivity index (χ1v) is 7.33. The highest BCUT2D eigenvalue weighted by Crippen LogP contribution is 2.43. The molecule has 3 rings (SSSR count). The zero-order valence-corrected chi connectivity index (χ0v) is 13.2. The molecule has 1 atom stereocenters. The number of phenols is 1. The molecule has 0 aliphatic carbocycles. The van der Waals surface area contributed by atoms with Crippen molar-refractivity contribution < 1.29 is 28.9 Å². The zero-order chi connectivity index (χ0) is 17.3. The predicted octanol–water partition coefficient (Wildman–Crippen LogP) is 2.89. The fourth-order valence-corrected chi connectivity index (χ4v) is 2.76. The van der Waals surface area contributed by atoms with Gasteiger partial charge in [-0.05, 0) is 30.3 Å². The van der Waals surface area contributed by atoms with Crippen LogP contribution in [0.3, 0.4) is 0 Å². The molecule has 0 bridgehead atoms. The fraction of sp³-hybridized carbons (Fsp3) is 0.222. The summed E-state index contributed by atoms with van der Waals surface area (Å²) in [6.45, 7) is 0. The average molecular weight is 328 g/mol. The molecule has 0 saturated heterocycles. The predicted molar refractivity (Wildman–Crippen MR) is 84.8 cm³/mol. The third kappa shape index (κ3) is 2.67. The summed E-state index contributed by atoms with van der Waals surface area (Å²) in [6.07, 6.45) is -0.660. The van der Waals surface area contributed by atoms with Gasteiger partial charge in [0.25, 0.3) is 0 Å². The number of Topliss-reactive ketones (excluding diaryl/α,β-unsaturated/α-hetero) is 1. The minimum absolute atomic E-state index is 0.0129. The molecule has 2 aromatic carbocycles. The first kappa shape index (κ1) is 15.9. The van der Waals surface area contributed by atoms with E-state index in [2.05, 4.69) is 0 Å². The molecule has 1 heterocycles. The number of phenolic OH excluding ortho intramolecular Hbond substituents is 1. The van der Waals surface area contributed by atoms with Gasteiger partial charge in [-0.2, -0.15) is 0 Å². The van der Waals surface area contributed by atoms with Crippen molar-refractivity contribution in [3.63, 3.8) is 0 Å². The summed E-state index contributed by atoms with van der Waals surface area (Å²) in [5, 5.41) is 9.29. The largest absolute Gasteiger partial charge is 0.508 e. The van der Waals surface area contributed by atoms with Crippen LogP contribution in [0.15, 0.2) is 36.4 Å². The molecule has 1 aliphatic heterocycles. The third-order valence-electron chi connectivity index (χ3n) is 3.94. The van der Waals surface area contributed by atoms with E-state index < -0.39 is 12.1 Å². The number of benzene rings is 2. The van der Waals surface area contributed by atoms with Gasteiger partial charge in [0, 0.05) is 11.1 Å². The molecule has 24 heavy (non-hydrogen) atoms. The Balaban J connectivity index is 1.89. The summed E-state index contributed by atoms with van der Waals surface area (Å²) in [5.41, 5.74) is 1.34. The number of hydrogen-bond acceptors (Lipinski definition) is 6. The molecule has 124 valence electrons. The highest BCUT2D eigenvalue weighted by atomic mass is 16.6. The first-order chi connectivity index (χ1) is 11.5. The van der Waals surface area contributed by atoms with Crippen LogP contribution in [0.2, 0.25) is 0 Å². The van der Waals surface area contributed by atoms with Gasteiger partial charge in [-0.3, -0.25) is 4.79 Å². The van der Waals surface area contributed by atoms with Gasteiger partial charge < -0.3 is 19.3 Å². The topological polar surface area (TPSA) is 82.1 Å². The Bertz CT molecular complexity index is 794. The van der Waals surface area contributed by atoms with E-state index in [0.717, 1.165) is 0 Å². The van der Waals surface area contributed by atoms with Crippen LogP contribution in [0.1, 0.15) is 38.8 Å². The number of rotatable bonds is 5. The monoisotopic (exact) mass is 328 g/mol. The number of aromatic hydroxyl groups is 1. The summed E-state index contributed by atoms with van der Waals surface area (Å²) >= 11 is 0. The molecule has 1 N–H and O–H groups in total. The van der Waals surface area contributed by atoms with Crippen molar-refractivity contribution in [1.82, 2.24) is 0 Å². The fourth-order valence-electron chi connectivity index (χ4n) is 2.76. The molecular formula is C18H16O6. The van der Waals surface area contributed by atoms with Crippen molar-refractivity contribution in [1.29, 1.82) is 0 Å². The van der Waals surface area contributed by atoms with Crippen LogP contribution in [0.4, 0.5) is 0 Å². The van der Waals surface area contributed by atoms with Crippen molar-refractivity contribution in [2.75, 3.05) is 14.2 Å². The molecule has 0 spiro atoms. The van der Waals surface area contributed by atoms with Crippen molar-refractivity contribution in [2.45, 2.75) is 12.5 Å². The standard InChI is InChI=1S/C18H16O6/c1-22-14-8-7-12-15(24-18(21)16(12)17(14)23-2)9-13(20)10-3-5-11(19)6-4-10/h3-8,15,19H,9H2,1-2H3/t15-/m1/s1. The van der Waals surface area contributed by atoms with E-state index in [1.807, 2.05) is 0 Å². The molecule has 1 aliphatic rings. The molecule has 2 aromatic rings. The zero-order valence-electron chi connectivity index (χ0n) is 13.2. The molecule has 0 amide bonds. The number of ether oxygens (including phenoxy) is 3. The third-order valence-corrected chi connectivity index (χ3v) is 3.94. The number of ketones is 1. The molecule has 6 heteroatoms. The number of hydrogen-bond donors (Lipinski definition) is 1. The molecule has 0 radical (unpaired) electrons. The van der Waals surface area contributed by atoms with Gasteiger partial charge in [-0.25, -0.2) is 4.79 Å². The normalized spacial score (nSPS) is 15.6. The van der Waals surface area contributed by atoms with Gasteiger partial charge in [0.15, 0.2) is 17.3 Å². The number of carbonyl (C=O) groups excluding carboxylic acids is 2. The van der Waals surface area contributed by atoms with Crippen LogP contribution in [0.5, 0.6) is 17.2 Å². The van der Waals surface area contributed by atoms with Crippen LogP contribution in [-0.4, -0.2) is 31.1 Å². The quantitative estimate of drug-likeness (QED) is 0.671. The maximum atomic E-state index is 12.4. The minimum atomic E-state index is -0.673. The van der Waals surface area contributed by atoms with Crippen LogP contribution in [0, 0.1) is 0 Å². The maximum absolute atomic E-state index is 12.4. The summed E-state index contributed by atoms with van der Waals surface area (Å²) in [7, 11) is 2.93. The van der Waals surface area contributed by atoms with Gasteiger partial charge in [-0.1, -0.05) is 6.07 Å². The van der Waals surface area contributed by atoms with Crippen LogP contribution in [-0.2, 0) is 4.74 Å². The van der Waals surface area contributed by atoms with Crippen LogP contribution >= 0.6 is 0 Å². The lowest BCUT2D eigenvalue weighted by atomic mass is 9.97. The highest BCUT2D eigenvalue weighted by Gasteiger charge is 2.36. The second-order valence-corrected chi connectivity index (χ2v) is 5.33. The maximum Gasteiger partial charge on any atom is 0.343 e. The van der Waals surface area contributed by atoms with Gasteiger partial charge >= 0.3 is 5.97 Å². The van der Waals surface area contributed by atoms with Gasteiger partial charge in [0.2, 0.25) is 0 Å². The summed E-state index contributed by atoms with van der Waals surface area (Å²) < 4.78 is 15.8. The molecule has 6 nitrogen and oxygen atoms in total. The Labute approximate surface area is 138 Å². The van der Waals surface area contributed by atoms with Gasteiger partial charge in [0.05, 0.1) is 20.6 Å². The molecule has 0 fully saturated rings. The van der Waals surface area contributed by atoms with Crippen molar-refractivity contribution >= 4 is 11.8 Å². The van der Waals surface area contributed by atoms with Gasteiger partial charge in [-0.15, -0.1) is 0 Å². The van der Waals surface area contributed by atoms with Crippen molar-refractivity contribution in [2.24, 2.45) is 0 Å². The minimum Gasteiger partial charge on any atom is -0.508 e. The number of cyclic esters (lactones) is 1. The Morgan fingerprint density at radius 1 is 1.12 bits per heavy atom.